The standard InChI is InChI=1S/C14H18O6/c15-10(16)12(6-7-13-14(8-12,19-13)20-13)11(17)18-9-4-2-1-3-5-9/h9H,1-8H2,(H,15,16). The molecule has 2 aliphatic carbocycles. The maximum atomic E-state index is 12.4. The van der Waals surface area contributed by atoms with Gasteiger partial charge in [0.05, 0.1) is 0 Å². The minimum absolute atomic E-state index is 0.0842. The first-order chi connectivity index (χ1) is 9.52. The lowest BCUT2D eigenvalue weighted by atomic mass is 9.74. The first-order valence-corrected chi connectivity index (χ1v) is 7.37. The fraction of sp³-hybridized carbons (Fsp3) is 0.857. The van der Waals surface area contributed by atoms with Crippen molar-refractivity contribution in [2.24, 2.45) is 5.41 Å². The first-order valence-electron chi connectivity index (χ1n) is 7.37. The van der Waals surface area contributed by atoms with Crippen molar-refractivity contribution in [1.82, 2.24) is 0 Å². The maximum Gasteiger partial charge on any atom is 0.323 e. The Morgan fingerprint density at radius 1 is 1.05 bits per heavy atom. The summed E-state index contributed by atoms with van der Waals surface area (Å²) in [6.07, 6.45) is 5.56. The summed E-state index contributed by atoms with van der Waals surface area (Å²) in [5, 5.41) is 9.54. The zero-order valence-corrected chi connectivity index (χ0v) is 11.2. The SMILES string of the molecule is O=C(O)C1(C(=O)OC2CCCCC2)CCC23OC2(C1)O3. The van der Waals surface area contributed by atoms with Crippen LogP contribution in [0, 0.1) is 5.41 Å². The van der Waals surface area contributed by atoms with E-state index in [2.05, 4.69) is 0 Å². The molecule has 1 atom stereocenters. The van der Waals surface area contributed by atoms with E-state index in [4.69, 9.17) is 14.2 Å². The molecule has 4 rings (SSSR count). The van der Waals surface area contributed by atoms with Gasteiger partial charge in [0.1, 0.15) is 6.10 Å². The van der Waals surface area contributed by atoms with E-state index in [0.29, 0.717) is 6.42 Å². The smallest absolute Gasteiger partial charge is 0.323 e. The lowest BCUT2D eigenvalue weighted by molar-refractivity contribution is -0.177. The van der Waals surface area contributed by atoms with Crippen molar-refractivity contribution in [2.45, 2.75) is 69.0 Å². The molecular formula is C14H18O6. The second kappa shape index (κ2) is 3.74. The van der Waals surface area contributed by atoms with Crippen LogP contribution >= 0.6 is 0 Å². The van der Waals surface area contributed by atoms with Crippen LogP contribution in [0.1, 0.15) is 51.4 Å². The molecule has 4 aliphatic rings. The third-order valence-corrected chi connectivity index (χ3v) is 5.20. The highest BCUT2D eigenvalue weighted by atomic mass is 17.0. The number of hydrogen-bond donors (Lipinski definition) is 1. The minimum atomic E-state index is -1.49. The number of hydrogen-bond acceptors (Lipinski definition) is 5. The summed E-state index contributed by atoms with van der Waals surface area (Å²) in [5.41, 5.74) is -1.49. The summed E-state index contributed by atoms with van der Waals surface area (Å²) in [6, 6.07) is 0. The Morgan fingerprint density at radius 2 is 1.75 bits per heavy atom. The summed E-state index contributed by atoms with van der Waals surface area (Å²) in [6.45, 7) is 0. The van der Waals surface area contributed by atoms with E-state index in [0.717, 1.165) is 32.1 Å². The molecule has 0 radical (unpaired) electrons. The van der Waals surface area contributed by atoms with Gasteiger partial charge in [0.25, 0.3) is 0 Å². The van der Waals surface area contributed by atoms with Crippen molar-refractivity contribution in [1.29, 1.82) is 0 Å². The number of carbonyl (C=O) groups excluding carboxylic acids is 1. The van der Waals surface area contributed by atoms with Crippen LogP contribution in [0.5, 0.6) is 0 Å². The highest BCUT2D eigenvalue weighted by Gasteiger charge is 2.94. The molecule has 2 saturated heterocycles. The van der Waals surface area contributed by atoms with Gasteiger partial charge in [-0.05, 0) is 32.1 Å². The van der Waals surface area contributed by atoms with E-state index in [-0.39, 0.29) is 18.9 Å². The van der Waals surface area contributed by atoms with Gasteiger partial charge < -0.3 is 19.3 Å². The van der Waals surface area contributed by atoms with Gasteiger partial charge in [-0.15, -0.1) is 0 Å². The Morgan fingerprint density at radius 3 is 2.35 bits per heavy atom. The molecule has 2 heterocycles. The third-order valence-electron chi connectivity index (χ3n) is 5.20. The van der Waals surface area contributed by atoms with Gasteiger partial charge in [-0.3, -0.25) is 9.59 Å². The highest BCUT2D eigenvalue weighted by molar-refractivity contribution is 5.99. The lowest BCUT2D eigenvalue weighted by Gasteiger charge is -2.30. The van der Waals surface area contributed by atoms with E-state index in [9.17, 15) is 14.7 Å². The Balaban J connectivity index is 1.50. The number of carboxylic acids is 1. The third kappa shape index (κ3) is 1.52. The van der Waals surface area contributed by atoms with Gasteiger partial charge in [-0.2, -0.15) is 0 Å². The zero-order chi connectivity index (χ0) is 14.0. The molecule has 1 N–H and O–H groups in total. The topological polar surface area (TPSA) is 88.7 Å². The van der Waals surface area contributed by atoms with Gasteiger partial charge in [0.2, 0.25) is 11.6 Å². The number of epoxide rings is 2. The largest absolute Gasteiger partial charge is 0.480 e. The van der Waals surface area contributed by atoms with Gasteiger partial charge in [-0.1, -0.05) is 6.42 Å². The number of aliphatic carboxylic acids is 1. The van der Waals surface area contributed by atoms with Gasteiger partial charge in [0.15, 0.2) is 5.41 Å². The number of esters is 1. The summed E-state index contributed by atoms with van der Waals surface area (Å²) in [7, 11) is 0. The lowest BCUT2D eigenvalue weighted by Crippen LogP contribution is -2.45. The molecule has 20 heavy (non-hydrogen) atoms. The molecule has 2 aliphatic heterocycles. The molecule has 4 fully saturated rings. The predicted molar refractivity (Wildman–Crippen MR) is 64.5 cm³/mol. The summed E-state index contributed by atoms with van der Waals surface area (Å²) in [5.74, 6) is -3.08. The molecule has 6 nitrogen and oxygen atoms in total. The maximum absolute atomic E-state index is 12.4. The average Bonchev–Trinajstić information content (AvgIpc) is 3.24. The van der Waals surface area contributed by atoms with Crippen LogP contribution in [0.2, 0.25) is 0 Å². The fourth-order valence-electron chi connectivity index (χ4n) is 3.74. The molecular weight excluding hydrogens is 264 g/mol. The second-order valence-corrected chi connectivity index (χ2v) is 6.44. The van der Waals surface area contributed by atoms with E-state index >= 15 is 0 Å². The molecule has 2 saturated carbocycles. The first kappa shape index (κ1) is 12.6. The molecule has 0 amide bonds. The Kier molecular flexibility index (Phi) is 2.35. The molecule has 1 unspecified atom stereocenters. The average molecular weight is 282 g/mol. The van der Waals surface area contributed by atoms with Crippen LogP contribution < -0.4 is 0 Å². The second-order valence-electron chi connectivity index (χ2n) is 6.44. The molecule has 0 spiro atoms. The van der Waals surface area contributed by atoms with Crippen molar-refractivity contribution in [3.8, 4) is 0 Å². The molecule has 0 aromatic rings. The molecule has 6 heteroatoms. The van der Waals surface area contributed by atoms with Crippen LogP contribution in [0.15, 0.2) is 0 Å². The monoisotopic (exact) mass is 282 g/mol. The van der Waals surface area contributed by atoms with Crippen LogP contribution in [0.4, 0.5) is 0 Å². The van der Waals surface area contributed by atoms with E-state index in [1.54, 1.807) is 0 Å². The fourth-order valence-corrected chi connectivity index (χ4v) is 3.74. The van der Waals surface area contributed by atoms with Gasteiger partial charge in [0, 0.05) is 12.8 Å². The summed E-state index contributed by atoms with van der Waals surface area (Å²) in [4.78, 5) is 24.1. The van der Waals surface area contributed by atoms with Crippen LogP contribution in [-0.2, 0) is 23.8 Å². The Labute approximate surface area is 116 Å². The zero-order valence-electron chi connectivity index (χ0n) is 11.2. The van der Waals surface area contributed by atoms with Gasteiger partial charge in [-0.25, -0.2) is 0 Å². The molecule has 0 aromatic carbocycles. The molecule has 0 aromatic heterocycles. The predicted octanol–water partition coefficient (Wildman–Crippen LogP) is 1.57. The van der Waals surface area contributed by atoms with E-state index in [1.807, 2.05) is 0 Å². The van der Waals surface area contributed by atoms with Crippen molar-refractivity contribution < 1.29 is 28.9 Å². The normalized spacial score (nSPS) is 46.0. The summed E-state index contributed by atoms with van der Waals surface area (Å²) >= 11 is 0. The van der Waals surface area contributed by atoms with Crippen molar-refractivity contribution in [3.05, 3.63) is 0 Å². The Hall–Kier alpha value is -1.14. The minimum Gasteiger partial charge on any atom is -0.480 e. The van der Waals surface area contributed by atoms with Crippen LogP contribution in [-0.4, -0.2) is 34.7 Å². The van der Waals surface area contributed by atoms with Gasteiger partial charge >= 0.3 is 11.9 Å². The Bertz CT molecular complexity index is 474. The van der Waals surface area contributed by atoms with E-state index in [1.165, 1.54) is 0 Å². The van der Waals surface area contributed by atoms with Crippen molar-refractivity contribution in [2.75, 3.05) is 0 Å². The van der Waals surface area contributed by atoms with Crippen LogP contribution in [0.3, 0.4) is 0 Å². The molecule has 0 bridgehead atoms. The quantitative estimate of drug-likeness (QED) is 0.480. The number of rotatable bonds is 3. The van der Waals surface area contributed by atoms with Crippen LogP contribution in [0.25, 0.3) is 0 Å². The summed E-state index contributed by atoms with van der Waals surface area (Å²) < 4.78 is 16.3. The van der Waals surface area contributed by atoms with E-state index < -0.39 is 28.9 Å². The number of carbonyl (C=O) groups is 2. The van der Waals surface area contributed by atoms with Crippen molar-refractivity contribution >= 4 is 11.9 Å². The van der Waals surface area contributed by atoms with Crippen molar-refractivity contribution in [3.63, 3.8) is 0 Å². The highest BCUT2D eigenvalue weighted by Crippen LogP contribution is 2.77. The number of carboxylic acid groups (broad SMARTS) is 1. The number of ether oxygens (including phenoxy) is 3. The molecule has 110 valence electrons.